The number of hydrogen-bond acceptors (Lipinski definition) is 3. The van der Waals surface area contributed by atoms with Crippen LogP contribution in [-0.2, 0) is 13.1 Å². The molecule has 0 spiro atoms. The second-order valence-electron chi connectivity index (χ2n) is 6.44. The van der Waals surface area contributed by atoms with E-state index in [0.717, 1.165) is 37.9 Å². The highest BCUT2D eigenvalue weighted by molar-refractivity contribution is 5.46. The molecule has 0 aromatic heterocycles. The van der Waals surface area contributed by atoms with Crippen molar-refractivity contribution >= 4 is 0 Å². The molecule has 0 fully saturated rings. The molecular weight excluding hydrogens is 318 g/mol. The van der Waals surface area contributed by atoms with Crippen LogP contribution in [0.1, 0.15) is 30.4 Å². The lowest BCUT2D eigenvalue weighted by atomic mass is 9.94. The minimum Gasteiger partial charge on any atom is -0.366 e. The zero-order valence-corrected chi connectivity index (χ0v) is 14.7. The molecule has 128 valence electrons. The van der Waals surface area contributed by atoms with Crippen LogP contribution in [0.15, 0.2) is 83.6 Å². The summed E-state index contributed by atoms with van der Waals surface area (Å²) in [7, 11) is 0. The van der Waals surface area contributed by atoms with Crippen molar-refractivity contribution < 1.29 is 0 Å². The van der Waals surface area contributed by atoms with Crippen molar-refractivity contribution in [2.24, 2.45) is 0 Å². The van der Waals surface area contributed by atoms with Crippen molar-refractivity contribution in [2.45, 2.75) is 32.4 Å². The molecule has 0 radical (unpaired) electrons. The van der Waals surface area contributed by atoms with Gasteiger partial charge in [0.05, 0.1) is 0 Å². The van der Waals surface area contributed by atoms with Crippen molar-refractivity contribution in [2.75, 3.05) is 0 Å². The molecule has 0 aliphatic heterocycles. The van der Waals surface area contributed by atoms with Gasteiger partial charge in [0.25, 0.3) is 0 Å². The van der Waals surface area contributed by atoms with Crippen LogP contribution in [0.4, 0.5) is 0 Å². The third-order valence-electron chi connectivity index (χ3n) is 4.60. The van der Waals surface area contributed by atoms with Gasteiger partial charge in [-0.2, -0.15) is 10.5 Å². The lowest BCUT2D eigenvalue weighted by Gasteiger charge is -2.30. The molecule has 2 aromatic carbocycles. The Morgan fingerprint density at radius 2 is 1.35 bits per heavy atom. The van der Waals surface area contributed by atoms with Gasteiger partial charge in [-0.15, -0.1) is 0 Å². The smallest absolute Gasteiger partial charge is 0.132 e. The van der Waals surface area contributed by atoms with Crippen LogP contribution < -0.4 is 0 Å². The SMILES string of the molecule is N#CC(C#N)=C1C=C(N(Cc2ccccc2)Cc2ccccc2)CCC1. The summed E-state index contributed by atoms with van der Waals surface area (Å²) in [6, 6.07) is 24.9. The van der Waals surface area contributed by atoms with E-state index in [1.807, 2.05) is 24.3 Å². The normalized spacial score (nSPS) is 13.3. The summed E-state index contributed by atoms with van der Waals surface area (Å²) in [6.45, 7) is 1.62. The number of hydrogen-bond donors (Lipinski definition) is 0. The van der Waals surface area contributed by atoms with Gasteiger partial charge in [-0.3, -0.25) is 0 Å². The monoisotopic (exact) mass is 339 g/mol. The first-order valence-electron chi connectivity index (χ1n) is 8.87. The Morgan fingerprint density at radius 1 is 0.808 bits per heavy atom. The van der Waals surface area contributed by atoms with Crippen LogP contribution in [0.5, 0.6) is 0 Å². The molecule has 0 heterocycles. The number of nitriles is 2. The summed E-state index contributed by atoms with van der Waals surface area (Å²) in [5.41, 5.74) is 4.80. The quantitative estimate of drug-likeness (QED) is 0.712. The standard InChI is InChI=1S/C23H21N3/c24-15-22(16-25)21-12-7-13-23(14-21)26(17-19-8-3-1-4-9-19)18-20-10-5-2-6-11-20/h1-6,8-11,14H,7,12-13,17-18H2. The minimum absolute atomic E-state index is 0.238. The molecule has 3 nitrogen and oxygen atoms in total. The van der Waals surface area contributed by atoms with E-state index in [1.165, 1.54) is 16.8 Å². The van der Waals surface area contributed by atoms with Crippen LogP contribution in [0.25, 0.3) is 0 Å². The van der Waals surface area contributed by atoms with Crippen LogP contribution >= 0.6 is 0 Å². The first kappa shape index (κ1) is 17.5. The number of allylic oxidation sites excluding steroid dienone is 4. The van der Waals surface area contributed by atoms with Gasteiger partial charge in [-0.05, 0) is 42.0 Å². The van der Waals surface area contributed by atoms with Gasteiger partial charge in [-0.25, -0.2) is 0 Å². The van der Waals surface area contributed by atoms with Crippen molar-refractivity contribution in [3.05, 3.63) is 94.7 Å². The fourth-order valence-corrected chi connectivity index (χ4v) is 3.29. The largest absolute Gasteiger partial charge is 0.366 e. The molecule has 0 bridgehead atoms. The third-order valence-corrected chi connectivity index (χ3v) is 4.60. The van der Waals surface area contributed by atoms with E-state index in [4.69, 9.17) is 0 Å². The first-order chi connectivity index (χ1) is 12.8. The van der Waals surface area contributed by atoms with Crippen molar-refractivity contribution in [3.8, 4) is 12.1 Å². The Labute approximate surface area is 155 Å². The highest BCUT2D eigenvalue weighted by atomic mass is 15.1. The maximum Gasteiger partial charge on any atom is 0.132 e. The minimum atomic E-state index is 0.238. The van der Waals surface area contributed by atoms with Gasteiger partial charge in [0.1, 0.15) is 17.7 Å². The lowest BCUT2D eigenvalue weighted by Crippen LogP contribution is -2.24. The number of benzene rings is 2. The zero-order valence-electron chi connectivity index (χ0n) is 14.7. The second-order valence-corrected chi connectivity index (χ2v) is 6.44. The molecule has 1 aliphatic rings. The maximum atomic E-state index is 9.20. The van der Waals surface area contributed by atoms with Gasteiger partial charge in [0.15, 0.2) is 0 Å². The molecule has 0 N–H and O–H groups in total. The van der Waals surface area contributed by atoms with E-state index in [-0.39, 0.29) is 5.57 Å². The van der Waals surface area contributed by atoms with Crippen molar-refractivity contribution in [1.29, 1.82) is 10.5 Å². The molecule has 0 unspecified atom stereocenters. The molecule has 0 atom stereocenters. The summed E-state index contributed by atoms with van der Waals surface area (Å²) in [4.78, 5) is 2.36. The van der Waals surface area contributed by atoms with Crippen LogP contribution in [0.3, 0.4) is 0 Å². The Morgan fingerprint density at radius 3 is 1.85 bits per heavy atom. The number of rotatable bonds is 5. The second kappa shape index (κ2) is 8.70. The average molecular weight is 339 g/mol. The molecular formula is C23H21N3. The van der Waals surface area contributed by atoms with Crippen LogP contribution in [-0.4, -0.2) is 4.90 Å². The highest BCUT2D eigenvalue weighted by Gasteiger charge is 2.17. The van der Waals surface area contributed by atoms with E-state index < -0.39 is 0 Å². The van der Waals surface area contributed by atoms with Crippen molar-refractivity contribution in [3.63, 3.8) is 0 Å². The fourth-order valence-electron chi connectivity index (χ4n) is 3.29. The first-order valence-corrected chi connectivity index (χ1v) is 8.87. The third kappa shape index (κ3) is 4.41. The van der Waals surface area contributed by atoms with Crippen LogP contribution in [0.2, 0.25) is 0 Å². The maximum absolute atomic E-state index is 9.20. The molecule has 1 aliphatic carbocycles. The van der Waals surface area contributed by atoms with Crippen LogP contribution in [0, 0.1) is 22.7 Å². The van der Waals surface area contributed by atoms with E-state index >= 15 is 0 Å². The summed E-state index contributed by atoms with van der Waals surface area (Å²) < 4.78 is 0. The highest BCUT2D eigenvalue weighted by Crippen LogP contribution is 2.29. The van der Waals surface area contributed by atoms with E-state index in [9.17, 15) is 10.5 Å². The number of nitrogens with zero attached hydrogens (tertiary/aromatic N) is 3. The van der Waals surface area contributed by atoms with E-state index in [0.29, 0.717) is 0 Å². The molecule has 3 rings (SSSR count). The van der Waals surface area contributed by atoms with Gasteiger partial charge < -0.3 is 4.90 Å². The molecule has 0 amide bonds. The summed E-state index contributed by atoms with van der Waals surface area (Å²) >= 11 is 0. The predicted molar refractivity (Wildman–Crippen MR) is 102 cm³/mol. The van der Waals surface area contributed by atoms with Gasteiger partial charge in [0.2, 0.25) is 0 Å². The van der Waals surface area contributed by atoms with Gasteiger partial charge in [-0.1, -0.05) is 60.7 Å². The lowest BCUT2D eigenvalue weighted by molar-refractivity contribution is 0.311. The molecule has 26 heavy (non-hydrogen) atoms. The predicted octanol–water partition coefficient (Wildman–Crippen LogP) is 5.10. The van der Waals surface area contributed by atoms with E-state index in [1.54, 1.807) is 0 Å². The molecule has 0 saturated heterocycles. The Bertz CT molecular complexity index is 823. The van der Waals surface area contributed by atoms with Gasteiger partial charge in [0, 0.05) is 18.8 Å². The molecule has 0 saturated carbocycles. The summed E-state index contributed by atoms with van der Waals surface area (Å²) in [6.07, 6.45) is 4.78. The Hall–Kier alpha value is -3.30. The zero-order chi connectivity index (χ0) is 18.2. The fraction of sp³-hybridized carbons (Fsp3) is 0.217. The Kier molecular flexibility index (Phi) is 5.86. The Balaban J connectivity index is 1.93. The molecule has 3 heteroatoms. The van der Waals surface area contributed by atoms with E-state index in [2.05, 4.69) is 59.5 Å². The van der Waals surface area contributed by atoms with Gasteiger partial charge >= 0.3 is 0 Å². The topological polar surface area (TPSA) is 50.8 Å². The summed E-state index contributed by atoms with van der Waals surface area (Å²) in [5, 5.41) is 18.4. The average Bonchev–Trinajstić information content (AvgIpc) is 2.70. The summed E-state index contributed by atoms with van der Waals surface area (Å²) in [5.74, 6) is 0. The van der Waals surface area contributed by atoms with Crippen molar-refractivity contribution in [1.82, 2.24) is 4.90 Å². The molecule has 2 aromatic rings.